The summed E-state index contributed by atoms with van der Waals surface area (Å²) in [6.07, 6.45) is -1.29. The molecule has 220 valence electrons. The Labute approximate surface area is 230 Å². The monoisotopic (exact) mass is 569 g/mol. The number of carboxylic acids is 1. The molecule has 40 heavy (non-hydrogen) atoms. The lowest BCUT2D eigenvalue weighted by Gasteiger charge is -2.46. The summed E-state index contributed by atoms with van der Waals surface area (Å²) < 4.78 is 56.2. The Hall–Kier alpha value is -3.54. The van der Waals surface area contributed by atoms with E-state index in [-0.39, 0.29) is 23.3 Å². The van der Waals surface area contributed by atoms with Crippen LogP contribution in [0.2, 0.25) is 0 Å². The first-order chi connectivity index (χ1) is 18.8. The smallest absolute Gasteiger partial charge is 0.490 e. The molecule has 1 heterocycles. The van der Waals surface area contributed by atoms with Crippen molar-refractivity contribution in [3.05, 3.63) is 53.8 Å². The van der Waals surface area contributed by atoms with Crippen molar-refractivity contribution in [1.82, 2.24) is 10.2 Å². The largest absolute Gasteiger partial charge is 0.493 e. The van der Waals surface area contributed by atoms with E-state index in [1.54, 1.807) is 26.4 Å². The lowest BCUT2D eigenvalue weighted by atomic mass is 9.65. The van der Waals surface area contributed by atoms with Crippen LogP contribution in [0.4, 0.5) is 28.0 Å². The zero-order valence-corrected chi connectivity index (χ0v) is 22.8. The predicted molar refractivity (Wildman–Crippen MR) is 141 cm³/mol. The Morgan fingerprint density at radius 3 is 2.33 bits per heavy atom. The van der Waals surface area contributed by atoms with E-state index in [9.17, 15) is 22.4 Å². The van der Waals surface area contributed by atoms with Gasteiger partial charge >= 0.3 is 18.2 Å². The number of aliphatic carboxylic acids is 1. The minimum Gasteiger partial charge on any atom is -0.493 e. The summed E-state index contributed by atoms with van der Waals surface area (Å²) in [4.78, 5) is 24.1. The van der Waals surface area contributed by atoms with Gasteiger partial charge in [0, 0.05) is 29.2 Å². The van der Waals surface area contributed by atoms with E-state index in [0.29, 0.717) is 17.8 Å². The molecule has 1 saturated carbocycles. The molecule has 0 aromatic heterocycles. The number of likely N-dealkylation sites (tertiary alicyclic amines) is 1. The number of hydrogen-bond donors (Lipinski definition) is 3. The third-order valence-electron chi connectivity index (χ3n) is 7.58. The molecule has 0 bridgehead atoms. The summed E-state index contributed by atoms with van der Waals surface area (Å²) in [7, 11) is 3.32. The van der Waals surface area contributed by atoms with Crippen molar-refractivity contribution in [2.24, 2.45) is 0 Å². The SMILES string of the molecule is COc1ccc([C@@]23CC[C@@H](NC(=O)Nc4cccc(F)c4)C[C@@H]2N(C(C)C)CC3)cc1OC.O=C(O)C(F)(F)F. The van der Waals surface area contributed by atoms with Gasteiger partial charge in [-0.25, -0.2) is 14.0 Å². The number of carbonyl (C=O) groups excluding carboxylic acids is 1. The molecule has 1 aliphatic heterocycles. The predicted octanol–water partition coefficient (Wildman–Crippen LogP) is 5.57. The third kappa shape index (κ3) is 7.15. The van der Waals surface area contributed by atoms with Crippen LogP contribution in [0.1, 0.15) is 45.1 Å². The number of alkyl halides is 3. The van der Waals surface area contributed by atoms with Crippen molar-refractivity contribution in [2.45, 2.75) is 69.2 Å². The van der Waals surface area contributed by atoms with Gasteiger partial charge in [0.2, 0.25) is 0 Å². The first-order valence-corrected chi connectivity index (χ1v) is 12.9. The Balaban J connectivity index is 0.000000559. The van der Waals surface area contributed by atoms with Crippen LogP contribution < -0.4 is 20.1 Å². The molecule has 1 aliphatic carbocycles. The Morgan fingerprint density at radius 2 is 1.75 bits per heavy atom. The second kappa shape index (κ2) is 12.8. The van der Waals surface area contributed by atoms with Crippen LogP contribution in [0.5, 0.6) is 11.5 Å². The number of halogens is 4. The Bertz CT molecular complexity index is 1190. The maximum Gasteiger partial charge on any atom is 0.490 e. The molecule has 2 aliphatic rings. The van der Waals surface area contributed by atoms with Gasteiger partial charge in [-0.1, -0.05) is 12.1 Å². The highest BCUT2D eigenvalue weighted by atomic mass is 19.4. The highest BCUT2D eigenvalue weighted by molar-refractivity contribution is 5.89. The van der Waals surface area contributed by atoms with Crippen LogP contribution in [0, 0.1) is 5.82 Å². The van der Waals surface area contributed by atoms with Crippen molar-refractivity contribution < 1.29 is 41.7 Å². The van der Waals surface area contributed by atoms with E-state index in [4.69, 9.17) is 19.4 Å². The number of methoxy groups -OCH3 is 2. The summed E-state index contributed by atoms with van der Waals surface area (Å²) in [5.74, 6) is -1.64. The van der Waals surface area contributed by atoms with E-state index in [0.717, 1.165) is 43.7 Å². The van der Waals surface area contributed by atoms with Crippen molar-refractivity contribution >= 4 is 17.7 Å². The Kier molecular flexibility index (Phi) is 9.88. The van der Waals surface area contributed by atoms with Gasteiger partial charge in [-0.3, -0.25) is 4.90 Å². The first-order valence-electron chi connectivity index (χ1n) is 12.9. The molecule has 0 radical (unpaired) electrons. The summed E-state index contributed by atoms with van der Waals surface area (Å²) >= 11 is 0. The Morgan fingerprint density at radius 1 is 1.07 bits per heavy atom. The summed E-state index contributed by atoms with van der Waals surface area (Å²) in [5, 5.41) is 13.0. The molecule has 2 fully saturated rings. The molecule has 4 rings (SSSR count). The van der Waals surface area contributed by atoms with Crippen molar-refractivity contribution in [3.8, 4) is 11.5 Å². The molecule has 2 aromatic carbocycles. The fourth-order valence-corrected chi connectivity index (χ4v) is 5.74. The van der Waals surface area contributed by atoms with Gasteiger partial charge in [0.25, 0.3) is 0 Å². The minimum atomic E-state index is -5.08. The fourth-order valence-electron chi connectivity index (χ4n) is 5.74. The highest BCUT2D eigenvalue weighted by Crippen LogP contribution is 2.50. The maximum atomic E-state index is 13.5. The fraction of sp³-hybridized carbons (Fsp3) is 0.500. The topological polar surface area (TPSA) is 100 Å². The zero-order chi connectivity index (χ0) is 29.7. The molecule has 2 aromatic rings. The van der Waals surface area contributed by atoms with E-state index in [2.05, 4.69) is 41.5 Å². The van der Waals surface area contributed by atoms with Gasteiger partial charge in [0.15, 0.2) is 11.5 Å². The number of nitrogens with one attached hydrogen (secondary N) is 2. The summed E-state index contributed by atoms with van der Waals surface area (Å²) in [6, 6.07) is 12.7. The average Bonchev–Trinajstić information content (AvgIpc) is 3.28. The third-order valence-corrected chi connectivity index (χ3v) is 7.58. The molecular weight excluding hydrogens is 534 g/mol. The number of nitrogens with zero attached hydrogens (tertiary/aromatic N) is 1. The van der Waals surface area contributed by atoms with E-state index >= 15 is 0 Å². The van der Waals surface area contributed by atoms with Crippen LogP contribution in [0.15, 0.2) is 42.5 Å². The van der Waals surface area contributed by atoms with Gasteiger partial charge in [-0.2, -0.15) is 13.2 Å². The second-order valence-corrected chi connectivity index (χ2v) is 10.2. The van der Waals surface area contributed by atoms with Crippen LogP contribution in [-0.4, -0.2) is 67.1 Å². The molecule has 12 heteroatoms. The lowest BCUT2D eigenvalue weighted by Crippen LogP contribution is -2.54. The lowest BCUT2D eigenvalue weighted by molar-refractivity contribution is -0.192. The van der Waals surface area contributed by atoms with Crippen LogP contribution in [0.25, 0.3) is 0 Å². The number of carbonyl (C=O) groups is 2. The van der Waals surface area contributed by atoms with Crippen LogP contribution in [0.3, 0.4) is 0 Å². The number of fused-ring (bicyclic) bond motifs is 1. The molecule has 0 unspecified atom stereocenters. The normalized spacial score (nSPS) is 22.5. The van der Waals surface area contributed by atoms with Crippen LogP contribution >= 0.6 is 0 Å². The van der Waals surface area contributed by atoms with Gasteiger partial charge in [-0.05, 0) is 82.0 Å². The first kappa shape index (κ1) is 31.0. The van der Waals surface area contributed by atoms with E-state index < -0.39 is 12.1 Å². The summed E-state index contributed by atoms with van der Waals surface area (Å²) in [6.45, 7) is 5.50. The van der Waals surface area contributed by atoms with Crippen molar-refractivity contribution in [1.29, 1.82) is 0 Å². The summed E-state index contributed by atoms with van der Waals surface area (Å²) in [5.41, 5.74) is 1.74. The second-order valence-electron chi connectivity index (χ2n) is 10.2. The van der Waals surface area contributed by atoms with Gasteiger partial charge in [-0.15, -0.1) is 0 Å². The van der Waals surface area contributed by atoms with Crippen molar-refractivity contribution in [3.63, 3.8) is 0 Å². The molecular formula is C28H35F4N3O5. The minimum absolute atomic E-state index is 0.0149. The quantitative estimate of drug-likeness (QED) is 0.394. The van der Waals surface area contributed by atoms with Crippen molar-refractivity contribution in [2.75, 3.05) is 26.1 Å². The van der Waals surface area contributed by atoms with Gasteiger partial charge in [0.05, 0.1) is 14.2 Å². The number of rotatable bonds is 6. The number of anilines is 1. The van der Waals surface area contributed by atoms with Gasteiger partial charge in [0.1, 0.15) is 5.82 Å². The molecule has 2 amide bonds. The average molecular weight is 570 g/mol. The highest BCUT2D eigenvalue weighted by Gasteiger charge is 2.52. The number of hydrogen-bond acceptors (Lipinski definition) is 5. The molecule has 0 spiro atoms. The number of urea groups is 1. The molecule has 1 saturated heterocycles. The molecule has 3 atom stereocenters. The zero-order valence-electron chi connectivity index (χ0n) is 22.8. The molecule has 8 nitrogen and oxygen atoms in total. The number of benzene rings is 2. The standard InChI is InChI=1S/C26H34FN3O3.C2HF3O2/c1-17(2)30-13-12-26(18-8-9-22(32-3)23(14-18)33-4)11-10-21(16-24(26)30)29-25(31)28-20-7-5-6-19(27)15-20;3-2(4,5)1(6)7/h5-9,14-15,17,21,24H,10-13,16H2,1-4H3,(H2,28,29,31);(H,6,7)/t21-,24+,26+;/m1./s1. The number of amides is 2. The number of carboxylic acid groups (broad SMARTS) is 1. The number of ether oxygens (including phenoxy) is 2. The van der Waals surface area contributed by atoms with Gasteiger partial charge < -0.3 is 25.2 Å². The maximum absolute atomic E-state index is 13.5. The van der Waals surface area contributed by atoms with Crippen LogP contribution in [-0.2, 0) is 10.2 Å². The van der Waals surface area contributed by atoms with E-state index in [1.165, 1.54) is 17.7 Å². The van der Waals surface area contributed by atoms with E-state index in [1.807, 2.05) is 6.07 Å². The molecule has 3 N–H and O–H groups in total.